The van der Waals surface area contributed by atoms with Crippen LogP contribution < -0.4 is 5.32 Å². The van der Waals surface area contributed by atoms with Gasteiger partial charge in [0, 0.05) is 22.0 Å². The molecular weight excluding hydrogens is 373 g/mol. The van der Waals surface area contributed by atoms with Crippen LogP contribution in [0.5, 0.6) is 5.75 Å². The van der Waals surface area contributed by atoms with E-state index in [0.717, 1.165) is 5.56 Å². The zero-order chi connectivity index (χ0) is 18.5. The molecule has 3 rings (SSSR count). The molecule has 0 aliphatic carbocycles. The van der Waals surface area contributed by atoms with Gasteiger partial charge < -0.3 is 10.4 Å². The Morgan fingerprint density at radius 3 is 2.35 bits per heavy atom. The third kappa shape index (κ3) is 4.50. The highest BCUT2D eigenvalue weighted by Gasteiger charge is 2.10. The third-order valence-electron chi connectivity index (χ3n) is 3.70. The van der Waals surface area contributed by atoms with Gasteiger partial charge in [0.25, 0.3) is 0 Å². The summed E-state index contributed by atoms with van der Waals surface area (Å²) in [5, 5.41) is 13.3. The quantitative estimate of drug-likeness (QED) is 0.663. The number of nitrogens with one attached hydrogen (secondary N) is 1. The van der Waals surface area contributed by atoms with Crippen LogP contribution in [0.15, 0.2) is 54.9 Å². The van der Waals surface area contributed by atoms with Crippen LogP contribution in [0.4, 0.5) is 5.69 Å². The molecule has 0 atom stereocenters. The second kappa shape index (κ2) is 8.17. The van der Waals surface area contributed by atoms with Gasteiger partial charge in [0.05, 0.1) is 18.1 Å². The maximum atomic E-state index is 12.1. The second-order valence-corrected chi connectivity index (χ2v) is 6.41. The number of phenolic OH excluding ortho intramolecular Hbond substituents is 1. The molecule has 0 unspecified atom stereocenters. The molecular formula is C19H15Cl2N3O2. The van der Waals surface area contributed by atoms with E-state index in [1.165, 1.54) is 12.4 Å². The van der Waals surface area contributed by atoms with E-state index in [9.17, 15) is 9.90 Å². The maximum Gasteiger partial charge on any atom is 0.224 e. The molecule has 26 heavy (non-hydrogen) atoms. The lowest BCUT2D eigenvalue weighted by Crippen LogP contribution is -2.13. The fourth-order valence-corrected chi connectivity index (χ4v) is 3.01. The molecule has 1 aromatic heterocycles. The molecule has 0 saturated carbocycles. The molecule has 7 heteroatoms. The number of phenols is 1. The normalized spacial score (nSPS) is 10.5. The molecule has 0 saturated heterocycles. The molecule has 5 nitrogen and oxygen atoms in total. The van der Waals surface area contributed by atoms with E-state index in [1.54, 1.807) is 42.5 Å². The van der Waals surface area contributed by atoms with Crippen LogP contribution in [-0.4, -0.2) is 21.0 Å². The summed E-state index contributed by atoms with van der Waals surface area (Å²) < 4.78 is 0. The number of carbonyl (C=O) groups is 1. The highest BCUT2D eigenvalue weighted by molar-refractivity contribution is 6.36. The van der Waals surface area contributed by atoms with Gasteiger partial charge in [-0.1, -0.05) is 41.4 Å². The Morgan fingerprint density at radius 2 is 1.69 bits per heavy atom. The summed E-state index contributed by atoms with van der Waals surface area (Å²) >= 11 is 12.2. The van der Waals surface area contributed by atoms with Crippen LogP contribution in [-0.2, 0) is 11.2 Å². The van der Waals surface area contributed by atoms with Crippen LogP contribution in [0.25, 0.3) is 11.4 Å². The lowest BCUT2D eigenvalue weighted by atomic mass is 10.1. The Bertz CT molecular complexity index is 910. The standard InChI is InChI=1S/C19H15Cl2N3O2/c20-16-5-2-6-17(21)15(16)7-8-18(26)24-13-10-22-19(23-11-13)12-3-1-4-14(25)9-12/h1-6,9-11,25H,7-8H2,(H,24,26). The summed E-state index contributed by atoms with van der Waals surface area (Å²) in [5.41, 5.74) is 1.93. The minimum absolute atomic E-state index is 0.140. The zero-order valence-electron chi connectivity index (χ0n) is 13.6. The van der Waals surface area contributed by atoms with Gasteiger partial charge in [0.2, 0.25) is 5.91 Å². The van der Waals surface area contributed by atoms with Crippen molar-refractivity contribution in [1.29, 1.82) is 0 Å². The number of benzene rings is 2. The highest BCUT2D eigenvalue weighted by atomic mass is 35.5. The van der Waals surface area contributed by atoms with Crippen molar-refractivity contribution in [2.24, 2.45) is 0 Å². The summed E-state index contributed by atoms with van der Waals surface area (Å²) in [7, 11) is 0. The smallest absolute Gasteiger partial charge is 0.224 e. The lowest BCUT2D eigenvalue weighted by molar-refractivity contribution is -0.116. The van der Waals surface area contributed by atoms with Crippen LogP contribution in [0.2, 0.25) is 10.0 Å². The van der Waals surface area contributed by atoms with Crippen LogP contribution in [0.1, 0.15) is 12.0 Å². The number of hydrogen-bond donors (Lipinski definition) is 2. The van der Waals surface area contributed by atoms with E-state index in [0.29, 0.717) is 33.5 Å². The largest absolute Gasteiger partial charge is 0.508 e. The molecule has 0 bridgehead atoms. The molecule has 1 amide bonds. The molecule has 2 aromatic carbocycles. The maximum absolute atomic E-state index is 12.1. The Hall–Kier alpha value is -2.63. The monoisotopic (exact) mass is 387 g/mol. The van der Waals surface area contributed by atoms with Crippen molar-refractivity contribution in [3.8, 4) is 17.1 Å². The van der Waals surface area contributed by atoms with Crippen LogP contribution in [0, 0.1) is 0 Å². The fraction of sp³-hybridized carbons (Fsp3) is 0.105. The zero-order valence-corrected chi connectivity index (χ0v) is 15.1. The van der Waals surface area contributed by atoms with Gasteiger partial charge in [-0.15, -0.1) is 0 Å². The number of amides is 1. The molecule has 0 aliphatic rings. The second-order valence-electron chi connectivity index (χ2n) is 5.59. The van der Waals surface area contributed by atoms with E-state index in [4.69, 9.17) is 23.2 Å². The van der Waals surface area contributed by atoms with Gasteiger partial charge in [-0.3, -0.25) is 4.79 Å². The Kier molecular flexibility index (Phi) is 5.71. The summed E-state index contributed by atoms with van der Waals surface area (Å²) in [6.07, 6.45) is 3.71. The number of halogens is 2. The average molecular weight is 388 g/mol. The molecule has 132 valence electrons. The minimum atomic E-state index is -0.185. The summed E-state index contributed by atoms with van der Waals surface area (Å²) in [5.74, 6) is 0.415. The molecule has 0 radical (unpaired) electrons. The predicted molar refractivity (Wildman–Crippen MR) is 103 cm³/mol. The van der Waals surface area contributed by atoms with Crippen molar-refractivity contribution in [2.75, 3.05) is 5.32 Å². The number of anilines is 1. The number of hydrogen-bond acceptors (Lipinski definition) is 4. The molecule has 0 aliphatic heterocycles. The van der Waals surface area contributed by atoms with E-state index >= 15 is 0 Å². The summed E-state index contributed by atoms with van der Waals surface area (Å²) in [6.45, 7) is 0. The Labute approximate surface area is 160 Å². The van der Waals surface area contributed by atoms with Crippen molar-refractivity contribution in [3.05, 3.63) is 70.5 Å². The minimum Gasteiger partial charge on any atom is -0.508 e. The fourth-order valence-electron chi connectivity index (χ4n) is 2.42. The van der Waals surface area contributed by atoms with E-state index in [1.807, 2.05) is 0 Å². The van der Waals surface area contributed by atoms with E-state index in [2.05, 4.69) is 15.3 Å². The van der Waals surface area contributed by atoms with Crippen molar-refractivity contribution in [3.63, 3.8) is 0 Å². The first-order valence-electron chi connectivity index (χ1n) is 7.87. The van der Waals surface area contributed by atoms with Crippen LogP contribution >= 0.6 is 23.2 Å². The first kappa shape index (κ1) is 18.2. The topological polar surface area (TPSA) is 75.1 Å². The lowest BCUT2D eigenvalue weighted by Gasteiger charge is -2.08. The van der Waals surface area contributed by atoms with Crippen molar-refractivity contribution < 1.29 is 9.90 Å². The van der Waals surface area contributed by atoms with E-state index < -0.39 is 0 Å². The number of aromatic hydroxyl groups is 1. The summed E-state index contributed by atoms with van der Waals surface area (Å²) in [6, 6.07) is 11.9. The van der Waals surface area contributed by atoms with Crippen molar-refractivity contribution in [2.45, 2.75) is 12.8 Å². The van der Waals surface area contributed by atoms with Gasteiger partial charge in [-0.05, 0) is 36.2 Å². The number of rotatable bonds is 5. The number of aromatic nitrogens is 2. The van der Waals surface area contributed by atoms with Gasteiger partial charge >= 0.3 is 0 Å². The highest BCUT2D eigenvalue weighted by Crippen LogP contribution is 2.25. The van der Waals surface area contributed by atoms with Gasteiger partial charge in [0.1, 0.15) is 5.75 Å². The number of nitrogens with zero attached hydrogens (tertiary/aromatic N) is 2. The molecule has 1 heterocycles. The molecule has 0 fully saturated rings. The van der Waals surface area contributed by atoms with Gasteiger partial charge in [-0.25, -0.2) is 9.97 Å². The van der Waals surface area contributed by atoms with Gasteiger partial charge in [0.15, 0.2) is 5.82 Å². The molecule has 3 aromatic rings. The first-order chi connectivity index (χ1) is 12.5. The average Bonchev–Trinajstić information content (AvgIpc) is 2.62. The van der Waals surface area contributed by atoms with Crippen molar-refractivity contribution in [1.82, 2.24) is 9.97 Å². The molecule has 0 spiro atoms. The molecule has 2 N–H and O–H groups in total. The van der Waals surface area contributed by atoms with Crippen LogP contribution in [0.3, 0.4) is 0 Å². The predicted octanol–water partition coefficient (Wildman–Crippen LogP) is 4.73. The first-order valence-corrected chi connectivity index (χ1v) is 8.63. The Morgan fingerprint density at radius 1 is 1.04 bits per heavy atom. The number of carbonyl (C=O) groups excluding carboxylic acids is 1. The van der Waals surface area contributed by atoms with Gasteiger partial charge in [-0.2, -0.15) is 0 Å². The van der Waals surface area contributed by atoms with Crippen molar-refractivity contribution >= 4 is 34.8 Å². The Balaban J connectivity index is 1.61. The van der Waals surface area contributed by atoms with E-state index in [-0.39, 0.29) is 18.1 Å². The SMILES string of the molecule is O=C(CCc1c(Cl)cccc1Cl)Nc1cnc(-c2cccc(O)c2)nc1. The summed E-state index contributed by atoms with van der Waals surface area (Å²) in [4.78, 5) is 20.5. The third-order valence-corrected chi connectivity index (χ3v) is 4.41.